The molecule has 20 heavy (non-hydrogen) atoms. The van der Waals surface area contributed by atoms with Crippen molar-refractivity contribution in [3.63, 3.8) is 0 Å². The summed E-state index contributed by atoms with van der Waals surface area (Å²) in [5.74, 6) is -0.318. The highest BCUT2D eigenvalue weighted by Gasteiger charge is 2.17. The first-order valence-corrected chi connectivity index (χ1v) is 7.17. The first-order chi connectivity index (χ1) is 9.61. The van der Waals surface area contributed by atoms with Gasteiger partial charge in [0.15, 0.2) is 11.5 Å². The predicted octanol–water partition coefficient (Wildman–Crippen LogP) is 3.22. The van der Waals surface area contributed by atoms with Crippen molar-refractivity contribution in [1.82, 2.24) is 15.0 Å². The summed E-state index contributed by atoms with van der Waals surface area (Å²) in [4.78, 5) is 11.9. The number of nitrogens with zero attached hydrogens (tertiary/aromatic N) is 3. The van der Waals surface area contributed by atoms with Crippen LogP contribution in [0.25, 0.3) is 0 Å². The van der Waals surface area contributed by atoms with Crippen LogP contribution in [0, 0.1) is 9.52 Å². The monoisotopic (exact) mass is 385 g/mol. The predicted molar refractivity (Wildman–Crippen MR) is 82.0 cm³/mol. The maximum Gasteiger partial charge on any atom is 0.186 e. The number of benzene rings is 1. The average Bonchev–Trinajstić information content (AvgIpc) is 2.80. The van der Waals surface area contributed by atoms with Crippen molar-refractivity contribution in [3.05, 3.63) is 57.7 Å². The molecule has 0 unspecified atom stereocenters. The fourth-order valence-corrected chi connectivity index (χ4v) is 2.36. The van der Waals surface area contributed by atoms with E-state index in [1.54, 1.807) is 22.9 Å². The fraction of sp³-hybridized carbons (Fsp3) is 0.214. The number of rotatable bonds is 6. The number of halogens is 2. The summed E-state index contributed by atoms with van der Waals surface area (Å²) >= 11 is 2.05. The van der Waals surface area contributed by atoms with E-state index in [2.05, 4.69) is 39.5 Å². The Labute approximate surface area is 129 Å². The lowest BCUT2D eigenvalue weighted by molar-refractivity contribution is 0.0978. The van der Waals surface area contributed by atoms with E-state index in [0.717, 1.165) is 5.56 Å². The van der Waals surface area contributed by atoms with E-state index < -0.39 is 0 Å². The summed E-state index contributed by atoms with van der Waals surface area (Å²) in [7, 11) is 0. The summed E-state index contributed by atoms with van der Waals surface area (Å²) < 4.78 is 15.2. The molecular formula is C14H13FIN3O. The molecule has 0 saturated carbocycles. The van der Waals surface area contributed by atoms with Gasteiger partial charge in [-0.1, -0.05) is 23.4 Å². The summed E-state index contributed by atoms with van der Waals surface area (Å²) in [6.45, 7) is 4.05. The molecule has 1 heterocycles. The topological polar surface area (TPSA) is 47.8 Å². The summed E-state index contributed by atoms with van der Waals surface area (Å²) in [6, 6.07) is 6.17. The second kappa shape index (κ2) is 6.74. The molecule has 0 N–H and O–H groups in total. The summed E-state index contributed by atoms with van der Waals surface area (Å²) in [6.07, 6.45) is 2.71. The number of hydrogen-bond acceptors (Lipinski definition) is 3. The second-order valence-electron chi connectivity index (χ2n) is 4.26. The first kappa shape index (κ1) is 14.8. The number of Topliss-reactive ketones (excluding diaryl/α,β-unsaturated/α-hetero) is 1. The Morgan fingerprint density at radius 2 is 2.10 bits per heavy atom. The Morgan fingerprint density at radius 3 is 2.75 bits per heavy atom. The van der Waals surface area contributed by atoms with Crippen molar-refractivity contribution in [2.75, 3.05) is 0 Å². The van der Waals surface area contributed by atoms with Crippen molar-refractivity contribution in [2.24, 2.45) is 0 Å². The molecule has 0 saturated heterocycles. The van der Waals surface area contributed by atoms with Gasteiger partial charge in [0.1, 0.15) is 9.52 Å². The quantitative estimate of drug-likeness (QED) is 0.436. The molecule has 0 amide bonds. The fourth-order valence-electron chi connectivity index (χ4n) is 1.69. The van der Waals surface area contributed by atoms with E-state index in [-0.39, 0.29) is 11.6 Å². The number of hydrogen-bond donors (Lipinski definition) is 0. The van der Waals surface area contributed by atoms with Gasteiger partial charge < -0.3 is 0 Å². The molecule has 0 atom stereocenters. The zero-order chi connectivity index (χ0) is 14.5. The molecule has 0 aliphatic carbocycles. The smallest absolute Gasteiger partial charge is 0.186 e. The number of aromatic nitrogens is 3. The summed E-state index contributed by atoms with van der Waals surface area (Å²) in [5, 5.41) is 7.91. The molecule has 1 aromatic carbocycles. The van der Waals surface area contributed by atoms with Gasteiger partial charge in [0.2, 0.25) is 0 Å². The molecule has 1 aromatic heterocycles. The van der Waals surface area contributed by atoms with E-state index in [0.29, 0.717) is 28.8 Å². The minimum Gasteiger partial charge on any atom is -0.292 e. The molecule has 0 aliphatic heterocycles. The van der Waals surface area contributed by atoms with E-state index >= 15 is 0 Å². The van der Waals surface area contributed by atoms with Gasteiger partial charge in [-0.3, -0.25) is 4.79 Å². The Morgan fingerprint density at radius 1 is 1.40 bits per heavy atom. The SMILES string of the molecule is C=CCCC(=O)c1nnn(Cc2ccc(F)cc2)c1I. The lowest BCUT2D eigenvalue weighted by Crippen LogP contribution is -2.06. The van der Waals surface area contributed by atoms with Crippen molar-refractivity contribution in [1.29, 1.82) is 0 Å². The maximum absolute atomic E-state index is 12.8. The minimum absolute atomic E-state index is 0.0420. The van der Waals surface area contributed by atoms with Gasteiger partial charge in [-0.25, -0.2) is 9.07 Å². The molecule has 104 valence electrons. The van der Waals surface area contributed by atoms with Crippen LogP contribution < -0.4 is 0 Å². The lowest BCUT2D eigenvalue weighted by Gasteiger charge is -2.02. The molecule has 0 bridgehead atoms. The molecule has 0 fully saturated rings. The van der Waals surface area contributed by atoms with Gasteiger partial charge in [-0.2, -0.15) is 0 Å². The third kappa shape index (κ3) is 3.50. The van der Waals surface area contributed by atoms with Crippen LogP contribution in [0.4, 0.5) is 4.39 Å². The van der Waals surface area contributed by atoms with Crippen LogP contribution in [0.15, 0.2) is 36.9 Å². The van der Waals surface area contributed by atoms with Crippen LogP contribution in [0.2, 0.25) is 0 Å². The standard InChI is InChI=1S/C14H13FIN3O/c1-2-3-4-12(20)13-14(16)19(18-17-13)9-10-5-7-11(15)8-6-10/h2,5-8H,1,3-4,9H2. The van der Waals surface area contributed by atoms with Crippen LogP contribution in [-0.2, 0) is 6.54 Å². The highest BCUT2D eigenvalue weighted by molar-refractivity contribution is 14.1. The van der Waals surface area contributed by atoms with E-state index in [9.17, 15) is 9.18 Å². The van der Waals surface area contributed by atoms with Crippen LogP contribution >= 0.6 is 22.6 Å². The molecule has 2 rings (SSSR count). The molecular weight excluding hydrogens is 372 g/mol. The highest BCUT2D eigenvalue weighted by Crippen LogP contribution is 2.14. The van der Waals surface area contributed by atoms with E-state index in [1.165, 1.54) is 12.1 Å². The number of allylic oxidation sites excluding steroid dienone is 1. The van der Waals surface area contributed by atoms with Crippen molar-refractivity contribution < 1.29 is 9.18 Å². The van der Waals surface area contributed by atoms with E-state index in [4.69, 9.17) is 0 Å². The zero-order valence-electron chi connectivity index (χ0n) is 10.7. The van der Waals surface area contributed by atoms with Crippen LogP contribution in [0.5, 0.6) is 0 Å². The number of carbonyl (C=O) groups excluding carboxylic acids is 1. The van der Waals surface area contributed by atoms with Gasteiger partial charge in [0.05, 0.1) is 6.54 Å². The highest BCUT2D eigenvalue weighted by atomic mass is 127. The van der Waals surface area contributed by atoms with E-state index in [1.807, 2.05) is 0 Å². The van der Waals surface area contributed by atoms with Gasteiger partial charge >= 0.3 is 0 Å². The van der Waals surface area contributed by atoms with Crippen LogP contribution in [0.3, 0.4) is 0 Å². The molecule has 2 aromatic rings. The van der Waals surface area contributed by atoms with Crippen LogP contribution in [0.1, 0.15) is 28.9 Å². The Hall–Kier alpha value is -1.57. The third-order valence-electron chi connectivity index (χ3n) is 2.76. The second-order valence-corrected chi connectivity index (χ2v) is 5.29. The molecule has 0 spiro atoms. The molecule has 0 aliphatic rings. The Balaban J connectivity index is 2.14. The van der Waals surface area contributed by atoms with Gasteiger partial charge in [0, 0.05) is 6.42 Å². The number of ketones is 1. The molecule has 0 radical (unpaired) electrons. The van der Waals surface area contributed by atoms with Crippen LogP contribution in [-0.4, -0.2) is 20.8 Å². The largest absolute Gasteiger partial charge is 0.292 e. The Bertz CT molecular complexity index is 622. The zero-order valence-corrected chi connectivity index (χ0v) is 12.9. The van der Waals surface area contributed by atoms with Crippen molar-refractivity contribution in [2.45, 2.75) is 19.4 Å². The minimum atomic E-state index is -0.276. The van der Waals surface area contributed by atoms with Gasteiger partial charge in [-0.05, 0) is 46.7 Å². The van der Waals surface area contributed by atoms with Gasteiger partial charge in [0.25, 0.3) is 0 Å². The summed E-state index contributed by atoms with van der Waals surface area (Å²) in [5.41, 5.74) is 1.29. The third-order valence-corrected chi connectivity index (χ3v) is 3.83. The lowest BCUT2D eigenvalue weighted by atomic mass is 10.2. The van der Waals surface area contributed by atoms with Gasteiger partial charge in [-0.15, -0.1) is 11.7 Å². The maximum atomic E-state index is 12.8. The Kier molecular flexibility index (Phi) is 4.99. The number of carbonyl (C=O) groups is 1. The molecule has 4 nitrogen and oxygen atoms in total. The molecule has 6 heteroatoms. The van der Waals surface area contributed by atoms with Crippen molar-refractivity contribution in [3.8, 4) is 0 Å². The van der Waals surface area contributed by atoms with Crippen molar-refractivity contribution >= 4 is 28.4 Å². The normalized spacial score (nSPS) is 10.5. The average molecular weight is 385 g/mol. The first-order valence-electron chi connectivity index (χ1n) is 6.09.